The van der Waals surface area contributed by atoms with Crippen molar-refractivity contribution in [3.63, 3.8) is 0 Å². The highest BCUT2D eigenvalue weighted by Crippen LogP contribution is 2.35. The smallest absolute Gasteiger partial charge is 0.261 e. The molecule has 0 spiro atoms. The van der Waals surface area contributed by atoms with Crippen molar-refractivity contribution in [2.45, 2.75) is 18.9 Å². The van der Waals surface area contributed by atoms with Crippen LogP contribution in [0.4, 0.5) is 0 Å². The molecule has 0 saturated heterocycles. The van der Waals surface area contributed by atoms with Gasteiger partial charge in [-0.05, 0) is 40.3 Å². The van der Waals surface area contributed by atoms with E-state index in [9.17, 15) is 14.7 Å². The normalized spacial score (nSPS) is 11.8. The summed E-state index contributed by atoms with van der Waals surface area (Å²) < 4.78 is 0. The first-order chi connectivity index (χ1) is 15.6. The van der Waals surface area contributed by atoms with Gasteiger partial charge in [0.2, 0.25) is 5.91 Å². The molecular formula is C26H24N2O3S. The van der Waals surface area contributed by atoms with E-state index >= 15 is 0 Å². The van der Waals surface area contributed by atoms with Gasteiger partial charge in [0.15, 0.2) is 0 Å². The summed E-state index contributed by atoms with van der Waals surface area (Å²) in [6, 6.07) is 24.1. The third kappa shape index (κ3) is 4.98. The minimum absolute atomic E-state index is 0.122. The van der Waals surface area contributed by atoms with Crippen molar-refractivity contribution in [3.05, 3.63) is 100 Å². The molecule has 1 heterocycles. The highest BCUT2D eigenvalue weighted by atomic mass is 32.1. The molecule has 3 aromatic carbocycles. The first-order valence-electron chi connectivity index (χ1n) is 10.5. The summed E-state index contributed by atoms with van der Waals surface area (Å²) >= 11 is 1.39. The molecule has 6 heteroatoms. The minimum Gasteiger partial charge on any atom is -0.508 e. The van der Waals surface area contributed by atoms with Crippen LogP contribution >= 0.6 is 11.3 Å². The number of rotatable bonds is 8. The maximum absolute atomic E-state index is 12.8. The molecule has 0 radical (unpaired) electrons. The van der Waals surface area contributed by atoms with E-state index in [0.717, 1.165) is 16.3 Å². The van der Waals surface area contributed by atoms with Gasteiger partial charge in [0.25, 0.3) is 5.91 Å². The van der Waals surface area contributed by atoms with Crippen LogP contribution in [0, 0.1) is 0 Å². The second-order valence-corrected chi connectivity index (χ2v) is 8.42. The molecule has 0 aliphatic heterocycles. The van der Waals surface area contributed by atoms with Crippen molar-refractivity contribution >= 4 is 33.9 Å². The Morgan fingerprint density at radius 2 is 1.69 bits per heavy atom. The fraction of sp³-hybridized carbons (Fsp3) is 0.154. The molecule has 0 aliphatic rings. The van der Waals surface area contributed by atoms with Crippen LogP contribution in [0.5, 0.6) is 5.75 Å². The molecule has 4 rings (SSSR count). The third-order valence-corrected chi connectivity index (χ3v) is 6.15. The molecule has 2 amide bonds. The topological polar surface area (TPSA) is 78.4 Å². The van der Waals surface area contributed by atoms with Crippen LogP contribution < -0.4 is 10.6 Å². The average molecular weight is 445 g/mol. The monoisotopic (exact) mass is 444 g/mol. The Balaban J connectivity index is 1.48. The number of phenolic OH excluding ortho intramolecular Hbond substituents is 1. The van der Waals surface area contributed by atoms with Gasteiger partial charge in [-0.1, -0.05) is 66.7 Å². The number of fused-ring (bicyclic) bond motifs is 1. The first-order valence-corrected chi connectivity index (χ1v) is 11.4. The predicted molar refractivity (Wildman–Crippen MR) is 128 cm³/mol. The standard InChI is InChI=1S/C26H24N2O3S/c29-21-15-14-18-8-4-5-11-20(18)24(21)25(19-9-2-1-3-10-19)28-23(30)13-6-16-27-26(31)22-12-7-17-32-22/h1-5,7-12,14-15,17,25,29H,6,13,16H2,(H,27,31)(H,28,30). The lowest BCUT2D eigenvalue weighted by Gasteiger charge is -2.22. The number of benzene rings is 3. The van der Waals surface area contributed by atoms with Crippen LogP contribution in [0.1, 0.15) is 39.7 Å². The van der Waals surface area contributed by atoms with Crippen molar-refractivity contribution in [1.82, 2.24) is 10.6 Å². The van der Waals surface area contributed by atoms with Gasteiger partial charge in [0.05, 0.1) is 10.9 Å². The molecular weight excluding hydrogens is 420 g/mol. The van der Waals surface area contributed by atoms with Gasteiger partial charge in [-0.3, -0.25) is 9.59 Å². The number of hydrogen-bond donors (Lipinski definition) is 3. The van der Waals surface area contributed by atoms with Crippen molar-refractivity contribution in [1.29, 1.82) is 0 Å². The van der Waals surface area contributed by atoms with E-state index in [-0.39, 0.29) is 24.0 Å². The number of amides is 2. The second-order valence-electron chi connectivity index (χ2n) is 7.47. The maximum Gasteiger partial charge on any atom is 0.261 e. The van der Waals surface area contributed by atoms with Gasteiger partial charge < -0.3 is 15.7 Å². The van der Waals surface area contributed by atoms with Crippen molar-refractivity contribution in [2.75, 3.05) is 6.54 Å². The second kappa shape index (κ2) is 10.1. The number of phenols is 1. The number of hydrogen-bond acceptors (Lipinski definition) is 4. The van der Waals surface area contributed by atoms with Crippen LogP contribution in [0.15, 0.2) is 84.2 Å². The van der Waals surface area contributed by atoms with Crippen LogP contribution in [-0.2, 0) is 4.79 Å². The van der Waals surface area contributed by atoms with Gasteiger partial charge in [-0.15, -0.1) is 11.3 Å². The predicted octanol–water partition coefficient (Wildman–Crippen LogP) is 5.02. The Hall–Kier alpha value is -3.64. The summed E-state index contributed by atoms with van der Waals surface area (Å²) in [5.41, 5.74) is 1.56. The van der Waals surface area contributed by atoms with Crippen LogP contribution in [-0.4, -0.2) is 23.5 Å². The van der Waals surface area contributed by atoms with Crippen molar-refractivity contribution in [3.8, 4) is 5.75 Å². The van der Waals surface area contributed by atoms with Gasteiger partial charge in [0.1, 0.15) is 5.75 Å². The summed E-state index contributed by atoms with van der Waals surface area (Å²) in [7, 11) is 0. The highest BCUT2D eigenvalue weighted by molar-refractivity contribution is 7.12. The molecule has 1 unspecified atom stereocenters. The Bertz CT molecular complexity index is 1210. The number of nitrogens with one attached hydrogen (secondary N) is 2. The van der Waals surface area contributed by atoms with E-state index in [4.69, 9.17) is 0 Å². The van der Waals surface area contributed by atoms with Crippen LogP contribution in [0.3, 0.4) is 0 Å². The van der Waals surface area contributed by atoms with Gasteiger partial charge in [0, 0.05) is 18.5 Å². The van der Waals surface area contributed by atoms with Crippen molar-refractivity contribution < 1.29 is 14.7 Å². The average Bonchev–Trinajstić information content (AvgIpc) is 3.36. The number of thiophene rings is 1. The first kappa shape index (κ1) is 21.6. The Labute approximate surface area is 190 Å². The molecule has 0 fully saturated rings. The zero-order valence-electron chi connectivity index (χ0n) is 17.5. The SMILES string of the molecule is O=C(CCCNC(=O)c1cccs1)NC(c1ccccc1)c1c(O)ccc2ccccc12. The summed E-state index contributed by atoms with van der Waals surface area (Å²) in [6.07, 6.45) is 0.783. The molecule has 4 aromatic rings. The van der Waals surface area contributed by atoms with Crippen molar-refractivity contribution in [2.24, 2.45) is 0 Å². The molecule has 32 heavy (non-hydrogen) atoms. The van der Waals surface area contributed by atoms with Gasteiger partial charge in [-0.25, -0.2) is 0 Å². The number of aromatic hydroxyl groups is 1. The third-order valence-electron chi connectivity index (χ3n) is 5.29. The largest absolute Gasteiger partial charge is 0.508 e. The highest BCUT2D eigenvalue weighted by Gasteiger charge is 2.22. The summed E-state index contributed by atoms with van der Waals surface area (Å²) in [6.45, 7) is 0.416. The zero-order valence-corrected chi connectivity index (χ0v) is 18.3. The molecule has 162 valence electrons. The molecule has 1 atom stereocenters. The molecule has 3 N–H and O–H groups in total. The minimum atomic E-state index is -0.490. The lowest BCUT2D eigenvalue weighted by Crippen LogP contribution is -2.30. The van der Waals surface area contributed by atoms with E-state index in [2.05, 4.69) is 10.6 Å². The Morgan fingerprint density at radius 3 is 2.47 bits per heavy atom. The van der Waals surface area contributed by atoms with E-state index in [1.165, 1.54) is 11.3 Å². The quantitative estimate of drug-likeness (QED) is 0.334. The molecule has 0 bridgehead atoms. The summed E-state index contributed by atoms with van der Waals surface area (Å²) in [4.78, 5) is 25.5. The van der Waals surface area contributed by atoms with Gasteiger partial charge in [-0.2, -0.15) is 0 Å². The summed E-state index contributed by atoms with van der Waals surface area (Å²) in [5.74, 6) is -0.124. The molecule has 0 saturated carbocycles. The number of carbonyl (C=O) groups excluding carboxylic acids is 2. The fourth-order valence-corrected chi connectivity index (χ4v) is 4.37. The zero-order chi connectivity index (χ0) is 22.3. The van der Waals surface area contributed by atoms with E-state index < -0.39 is 6.04 Å². The fourth-order valence-electron chi connectivity index (χ4n) is 3.73. The van der Waals surface area contributed by atoms with E-state index in [1.807, 2.05) is 72.1 Å². The van der Waals surface area contributed by atoms with E-state index in [0.29, 0.717) is 23.4 Å². The van der Waals surface area contributed by atoms with E-state index in [1.54, 1.807) is 12.1 Å². The number of carbonyl (C=O) groups is 2. The maximum atomic E-state index is 12.8. The Morgan fingerprint density at radius 1 is 0.906 bits per heavy atom. The molecule has 1 aromatic heterocycles. The Kier molecular flexibility index (Phi) is 6.82. The van der Waals surface area contributed by atoms with Crippen LogP contribution in [0.25, 0.3) is 10.8 Å². The summed E-state index contributed by atoms with van der Waals surface area (Å²) in [5, 5.41) is 20.4. The van der Waals surface area contributed by atoms with Gasteiger partial charge >= 0.3 is 0 Å². The molecule has 0 aliphatic carbocycles. The lowest BCUT2D eigenvalue weighted by molar-refractivity contribution is -0.121. The van der Waals surface area contributed by atoms with Crippen LogP contribution in [0.2, 0.25) is 0 Å². The molecule has 5 nitrogen and oxygen atoms in total. The lowest BCUT2D eigenvalue weighted by atomic mass is 9.92.